The zero-order valence-corrected chi connectivity index (χ0v) is 17.8. The standard InChI is InChI=1S/C23H25ClN2O4/c1-14(27)30-22-17(15-8-10-16(29-2)11-9-15)13-18-19(24)5-3-6-20(18)26(23(22)28)21-7-4-12-25-21/h3,5-6,8-11,17,21-22,25H,4,7,12-13H2,1-2H3/t17-,21+,22+/m0/s1. The Kier molecular flexibility index (Phi) is 5.97. The Morgan fingerprint density at radius 3 is 2.60 bits per heavy atom. The van der Waals surface area contributed by atoms with Crippen LogP contribution in [0.5, 0.6) is 5.75 Å². The van der Waals surface area contributed by atoms with Crippen LogP contribution < -0.4 is 15.0 Å². The number of carbonyl (C=O) groups excluding carboxylic acids is 2. The van der Waals surface area contributed by atoms with Crippen LogP contribution in [0.25, 0.3) is 0 Å². The lowest BCUT2D eigenvalue weighted by Gasteiger charge is -2.32. The SMILES string of the molecule is COc1ccc([C@@H]2Cc3c(Cl)cccc3N([C@@H]3CCCN3)C(=O)[C@@H]2OC(C)=O)cc1. The maximum Gasteiger partial charge on any atom is 0.303 e. The van der Waals surface area contributed by atoms with E-state index >= 15 is 0 Å². The van der Waals surface area contributed by atoms with Crippen LogP contribution in [-0.4, -0.2) is 37.8 Å². The summed E-state index contributed by atoms with van der Waals surface area (Å²) in [6, 6.07) is 13.1. The summed E-state index contributed by atoms with van der Waals surface area (Å²) in [4.78, 5) is 27.5. The molecule has 2 aliphatic heterocycles. The van der Waals surface area contributed by atoms with Gasteiger partial charge < -0.3 is 9.47 Å². The second kappa shape index (κ2) is 8.66. The fourth-order valence-electron chi connectivity index (χ4n) is 4.39. The van der Waals surface area contributed by atoms with Gasteiger partial charge in [-0.25, -0.2) is 0 Å². The molecule has 0 unspecified atom stereocenters. The van der Waals surface area contributed by atoms with Gasteiger partial charge in [-0.05, 0) is 61.2 Å². The fraction of sp³-hybridized carbons (Fsp3) is 0.391. The van der Waals surface area contributed by atoms with Crippen molar-refractivity contribution in [1.29, 1.82) is 0 Å². The van der Waals surface area contributed by atoms with Crippen LogP contribution in [0, 0.1) is 0 Å². The molecule has 0 aromatic heterocycles. The predicted octanol–water partition coefficient (Wildman–Crippen LogP) is 3.66. The van der Waals surface area contributed by atoms with Crippen molar-refractivity contribution in [3.63, 3.8) is 0 Å². The number of anilines is 1. The van der Waals surface area contributed by atoms with Crippen LogP contribution in [0.15, 0.2) is 42.5 Å². The Morgan fingerprint density at radius 2 is 1.97 bits per heavy atom. The van der Waals surface area contributed by atoms with Crippen molar-refractivity contribution in [3.8, 4) is 5.75 Å². The molecule has 7 heteroatoms. The quantitative estimate of drug-likeness (QED) is 0.752. The number of esters is 1. The molecule has 2 aromatic carbocycles. The lowest BCUT2D eigenvalue weighted by atomic mass is 9.87. The number of halogens is 1. The van der Waals surface area contributed by atoms with Crippen molar-refractivity contribution in [2.24, 2.45) is 0 Å². The van der Waals surface area contributed by atoms with Crippen LogP contribution in [0.4, 0.5) is 5.69 Å². The molecule has 0 bridgehead atoms. The molecule has 2 aromatic rings. The lowest BCUT2D eigenvalue weighted by Crippen LogP contribution is -2.51. The molecule has 30 heavy (non-hydrogen) atoms. The van der Waals surface area contributed by atoms with Crippen molar-refractivity contribution in [2.45, 2.75) is 44.4 Å². The van der Waals surface area contributed by atoms with Crippen molar-refractivity contribution >= 4 is 29.2 Å². The molecule has 0 aliphatic carbocycles. The van der Waals surface area contributed by atoms with Gasteiger partial charge in [0.1, 0.15) is 5.75 Å². The first kappa shape index (κ1) is 20.7. The minimum atomic E-state index is -0.943. The Bertz CT molecular complexity index is 941. The van der Waals surface area contributed by atoms with Crippen LogP contribution in [0.2, 0.25) is 5.02 Å². The zero-order chi connectivity index (χ0) is 21.3. The van der Waals surface area contributed by atoms with Gasteiger partial charge in [0.25, 0.3) is 5.91 Å². The van der Waals surface area contributed by atoms with E-state index in [2.05, 4.69) is 5.32 Å². The average molecular weight is 429 g/mol. The number of carbonyl (C=O) groups is 2. The molecule has 158 valence electrons. The van der Waals surface area contributed by atoms with Crippen molar-refractivity contribution in [3.05, 3.63) is 58.6 Å². The molecule has 4 rings (SSSR count). The number of amides is 1. The number of hydrogen-bond acceptors (Lipinski definition) is 5. The second-order valence-electron chi connectivity index (χ2n) is 7.67. The van der Waals surface area contributed by atoms with Crippen molar-refractivity contribution in [2.75, 3.05) is 18.6 Å². The molecule has 1 fully saturated rings. The van der Waals surface area contributed by atoms with E-state index in [0.29, 0.717) is 11.4 Å². The lowest BCUT2D eigenvalue weighted by molar-refractivity contribution is -0.154. The summed E-state index contributed by atoms with van der Waals surface area (Å²) in [5, 5.41) is 4.00. The van der Waals surface area contributed by atoms with E-state index in [1.54, 1.807) is 12.0 Å². The fourth-order valence-corrected chi connectivity index (χ4v) is 4.64. The smallest absolute Gasteiger partial charge is 0.303 e. The third-order valence-electron chi connectivity index (χ3n) is 5.81. The molecule has 0 radical (unpaired) electrons. The van der Waals surface area contributed by atoms with Gasteiger partial charge >= 0.3 is 5.97 Å². The third-order valence-corrected chi connectivity index (χ3v) is 6.16. The first-order valence-electron chi connectivity index (χ1n) is 10.1. The number of benzene rings is 2. The molecule has 0 spiro atoms. The molecule has 2 heterocycles. The van der Waals surface area contributed by atoms with E-state index in [9.17, 15) is 9.59 Å². The van der Waals surface area contributed by atoms with Crippen LogP contribution >= 0.6 is 11.6 Å². The summed E-state index contributed by atoms with van der Waals surface area (Å²) in [5.41, 5.74) is 2.55. The molecule has 0 saturated carbocycles. The Hall–Kier alpha value is -2.57. The number of fused-ring (bicyclic) bond motifs is 1. The molecule has 2 aliphatic rings. The molecule has 6 nitrogen and oxygen atoms in total. The first-order chi connectivity index (χ1) is 14.5. The molecule has 1 amide bonds. The number of nitrogens with zero attached hydrogens (tertiary/aromatic N) is 1. The van der Waals surface area contributed by atoms with E-state index in [4.69, 9.17) is 21.1 Å². The Labute approximate surface area is 181 Å². The van der Waals surface area contributed by atoms with Crippen LogP contribution in [0.3, 0.4) is 0 Å². The number of ether oxygens (including phenoxy) is 2. The molecular weight excluding hydrogens is 404 g/mol. The van der Waals surface area contributed by atoms with Crippen molar-refractivity contribution < 1.29 is 19.1 Å². The van der Waals surface area contributed by atoms with Crippen LogP contribution in [-0.2, 0) is 20.7 Å². The second-order valence-corrected chi connectivity index (χ2v) is 8.08. The predicted molar refractivity (Wildman–Crippen MR) is 115 cm³/mol. The van der Waals surface area contributed by atoms with Gasteiger partial charge in [-0.2, -0.15) is 0 Å². The number of nitrogens with one attached hydrogen (secondary N) is 1. The number of hydrogen-bond donors (Lipinski definition) is 1. The minimum Gasteiger partial charge on any atom is -0.497 e. The highest BCUT2D eigenvalue weighted by atomic mass is 35.5. The van der Waals surface area contributed by atoms with Gasteiger partial charge in [-0.15, -0.1) is 0 Å². The van der Waals surface area contributed by atoms with Gasteiger partial charge in [0.15, 0.2) is 6.10 Å². The largest absolute Gasteiger partial charge is 0.497 e. The van der Waals surface area contributed by atoms with Crippen LogP contribution in [0.1, 0.15) is 36.8 Å². The van der Waals surface area contributed by atoms with Gasteiger partial charge in [-0.1, -0.05) is 29.8 Å². The van der Waals surface area contributed by atoms with Gasteiger partial charge in [0.2, 0.25) is 0 Å². The highest BCUT2D eigenvalue weighted by Gasteiger charge is 2.43. The van der Waals surface area contributed by atoms with E-state index in [-0.39, 0.29) is 18.0 Å². The zero-order valence-electron chi connectivity index (χ0n) is 17.1. The molecule has 3 atom stereocenters. The highest BCUT2D eigenvalue weighted by Crippen LogP contribution is 2.41. The summed E-state index contributed by atoms with van der Waals surface area (Å²) >= 11 is 6.60. The van der Waals surface area contributed by atoms with Gasteiger partial charge in [-0.3, -0.25) is 19.8 Å². The summed E-state index contributed by atoms with van der Waals surface area (Å²) in [6.45, 7) is 2.17. The highest BCUT2D eigenvalue weighted by molar-refractivity contribution is 6.32. The van der Waals surface area contributed by atoms with Gasteiger partial charge in [0, 0.05) is 17.9 Å². The minimum absolute atomic E-state index is 0.151. The third kappa shape index (κ3) is 3.89. The molecule has 1 saturated heterocycles. The Morgan fingerprint density at radius 1 is 1.20 bits per heavy atom. The monoisotopic (exact) mass is 428 g/mol. The maximum atomic E-state index is 13.8. The number of methoxy groups -OCH3 is 1. The summed E-state index contributed by atoms with van der Waals surface area (Å²) in [5.74, 6) is -0.356. The average Bonchev–Trinajstić information content (AvgIpc) is 3.23. The summed E-state index contributed by atoms with van der Waals surface area (Å²) in [6.07, 6.45) is 1.19. The van der Waals surface area contributed by atoms with E-state index in [0.717, 1.165) is 42.0 Å². The van der Waals surface area contributed by atoms with E-state index < -0.39 is 12.1 Å². The van der Waals surface area contributed by atoms with Gasteiger partial charge in [0.05, 0.1) is 19.0 Å². The van der Waals surface area contributed by atoms with E-state index in [1.807, 2.05) is 42.5 Å². The summed E-state index contributed by atoms with van der Waals surface area (Å²) in [7, 11) is 1.61. The maximum absolute atomic E-state index is 13.8. The number of rotatable bonds is 4. The summed E-state index contributed by atoms with van der Waals surface area (Å²) < 4.78 is 10.9. The van der Waals surface area contributed by atoms with Crippen molar-refractivity contribution in [1.82, 2.24) is 5.32 Å². The molecular formula is C23H25ClN2O4. The topological polar surface area (TPSA) is 67.9 Å². The van der Waals surface area contributed by atoms with E-state index in [1.165, 1.54) is 6.92 Å². The molecule has 1 N–H and O–H groups in total. The normalized spacial score (nSPS) is 23.6. The first-order valence-corrected chi connectivity index (χ1v) is 10.5. The Balaban J connectivity index is 1.84.